The molecule has 0 radical (unpaired) electrons. The third-order valence-electron chi connectivity index (χ3n) is 8.33. The highest BCUT2D eigenvalue weighted by Gasteiger charge is 2.59. The van der Waals surface area contributed by atoms with Crippen molar-refractivity contribution in [3.63, 3.8) is 0 Å². The van der Waals surface area contributed by atoms with Crippen LogP contribution in [0.5, 0.6) is 0 Å². The van der Waals surface area contributed by atoms with Crippen LogP contribution in [0.15, 0.2) is 24.3 Å². The third-order valence-corrected chi connectivity index (χ3v) is 9.34. The summed E-state index contributed by atoms with van der Waals surface area (Å²) in [5.74, 6) is 1.02. The number of terminal acetylenes is 1. The lowest BCUT2D eigenvalue weighted by Crippen LogP contribution is -2.57. The molecule has 2 aliphatic rings. The summed E-state index contributed by atoms with van der Waals surface area (Å²) in [6.45, 7) is 4.03. The average Bonchev–Trinajstić information content (AvgIpc) is 3.25. The average molecular weight is 514 g/mol. The summed E-state index contributed by atoms with van der Waals surface area (Å²) >= 11 is 1.32. The smallest absolute Gasteiger partial charge is 0.257 e. The second-order valence-corrected chi connectivity index (χ2v) is 11.6. The Hall–Kier alpha value is -2.80. The number of halogens is 1. The minimum Gasteiger partial charge on any atom is -0.396 e. The molecule has 1 aromatic carbocycles. The molecular weight excluding hydrogens is 481 g/mol. The summed E-state index contributed by atoms with van der Waals surface area (Å²) in [4.78, 5) is 33.1. The fourth-order valence-corrected chi connectivity index (χ4v) is 7.12. The number of nitrogens with one attached hydrogen (secondary N) is 1. The van der Waals surface area contributed by atoms with E-state index in [0.717, 1.165) is 16.6 Å². The normalized spacial score (nSPS) is 29.0. The van der Waals surface area contributed by atoms with Crippen LogP contribution in [-0.4, -0.2) is 58.2 Å². The molecule has 2 amide bonds. The summed E-state index contributed by atoms with van der Waals surface area (Å²) in [6, 6.07) is 5.43. The first-order valence-electron chi connectivity index (χ1n) is 12.1. The van der Waals surface area contributed by atoms with Crippen LogP contribution in [0.2, 0.25) is 0 Å². The number of aromatic nitrogens is 1. The van der Waals surface area contributed by atoms with E-state index in [1.807, 2.05) is 6.92 Å². The lowest BCUT2D eigenvalue weighted by molar-refractivity contribution is -0.146. The molecule has 1 aromatic heterocycles. The number of fused-ring (bicyclic) bond motifs is 2. The number of anilines is 1. The molecule has 2 aliphatic carbocycles. The molecule has 7 nitrogen and oxygen atoms in total. The zero-order chi connectivity index (χ0) is 26.3. The Morgan fingerprint density at radius 2 is 2.14 bits per heavy atom. The van der Waals surface area contributed by atoms with E-state index >= 15 is 0 Å². The molecular formula is C27H32FN3O4S. The van der Waals surface area contributed by atoms with Crippen molar-refractivity contribution in [3.05, 3.63) is 46.2 Å². The van der Waals surface area contributed by atoms with Crippen LogP contribution in [0, 0.1) is 34.9 Å². The zero-order valence-electron chi connectivity index (χ0n) is 20.8. The van der Waals surface area contributed by atoms with Crippen molar-refractivity contribution in [1.82, 2.24) is 9.88 Å². The number of hydrogen-bond donors (Lipinski definition) is 3. The molecule has 0 aliphatic heterocycles. The molecule has 0 unspecified atom stereocenters. The molecule has 1 fully saturated rings. The Morgan fingerprint density at radius 1 is 1.39 bits per heavy atom. The number of thiazole rings is 1. The number of aliphatic hydroxyl groups excluding tert-OH is 2. The standard InChI is InChI=1S/C27H32FN3O4S/c1-5-11-31(4)22(34)13-18-23-19(14-20-26(18,2)10-9-21(33)27(20,3)15-32)36-25(29-23)30-24(35)16-7-6-8-17(28)12-16/h1,6-8,12,18,20-21,32-33H,9-11,13-15H2,2-4H3,(H,29,30,35)/t18-,20+,21-,26+,27+/m1/s1. The third kappa shape index (κ3) is 4.54. The van der Waals surface area contributed by atoms with Crippen molar-refractivity contribution in [2.45, 2.75) is 51.6 Å². The van der Waals surface area contributed by atoms with Gasteiger partial charge in [0, 0.05) is 35.2 Å². The lowest BCUT2D eigenvalue weighted by Gasteiger charge is -2.58. The second kappa shape index (κ2) is 9.92. The van der Waals surface area contributed by atoms with Gasteiger partial charge in [0.05, 0.1) is 24.9 Å². The molecule has 36 heavy (non-hydrogen) atoms. The Kier molecular flexibility index (Phi) is 7.24. The number of carbonyl (C=O) groups excluding carboxylic acids is 2. The van der Waals surface area contributed by atoms with Gasteiger partial charge in [-0.1, -0.05) is 25.8 Å². The SMILES string of the molecule is C#CCN(C)C(=O)C[C@@H]1c2nc(NC(=O)c3cccc(F)c3)sc2C[C@@H]2[C@](C)(CO)[C@H](O)CC[C@]21C. The van der Waals surface area contributed by atoms with Gasteiger partial charge < -0.3 is 15.1 Å². The lowest BCUT2D eigenvalue weighted by atomic mass is 9.47. The van der Waals surface area contributed by atoms with Crippen molar-refractivity contribution in [2.24, 2.45) is 16.7 Å². The minimum absolute atomic E-state index is 0.103. The number of aliphatic hydroxyl groups is 2. The predicted octanol–water partition coefficient (Wildman–Crippen LogP) is 3.43. The highest BCUT2D eigenvalue weighted by molar-refractivity contribution is 7.15. The number of benzene rings is 1. The van der Waals surface area contributed by atoms with E-state index in [4.69, 9.17) is 11.4 Å². The molecule has 1 saturated carbocycles. The van der Waals surface area contributed by atoms with E-state index in [1.165, 1.54) is 34.4 Å². The van der Waals surface area contributed by atoms with Gasteiger partial charge in [-0.25, -0.2) is 9.37 Å². The molecule has 0 spiro atoms. The highest BCUT2D eigenvalue weighted by atomic mass is 32.1. The maximum absolute atomic E-state index is 13.6. The van der Waals surface area contributed by atoms with Gasteiger partial charge in [-0.05, 0) is 48.8 Å². The van der Waals surface area contributed by atoms with Crippen molar-refractivity contribution in [1.29, 1.82) is 0 Å². The maximum atomic E-state index is 13.6. The molecule has 2 aromatic rings. The van der Waals surface area contributed by atoms with Gasteiger partial charge >= 0.3 is 0 Å². The minimum atomic E-state index is -0.744. The van der Waals surface area contributed by atoms with E-state index in [2.05, 4.69) is 18.2 Å². The Morgan fingerprint density at radius 3 is 2.81 bits per heavy atom. The highest BCUT2D eigenvalue weighted by Crippen LogP contribution is 2.62. The summed E-state index contributed by atoms with van der Waals surface area (Å²) in [5, 5.41) is 24.4. The van der Waals surface area contributed by atoms with Crippen LogP contribution >= 0.6 is 11.3 Å². The van der Waals surface area contributed by atoms with Crippen LogP contribution in [0.4, 0.5) is 9.52 Å². The first-order valence-corrected chi connectivity index (χ1v) is 12.9. The number of rotatable bonds is 6. The number of amides is 2. The summed E-state index contributed by atoms with van der Waals surface area (Å²) in [6.07, 6.45) is 6.68. The van der Waals surface area contributed by atoms with Crippen LogP contribution in [0.1, 0.15) is 60.0 Å². The van der Waals surface area contributed by atoms with Crippen LogP contribution < -0.4 is 5.32 Å². The maximum Gasteiger partial charge on any atom is 0.257 e. The van der Waals surface area contributed by atoms with Crippen LogP contribution in [0.25, 0.3) is 0 Å². The van der Waals surface area contributed by atoms with Gasteiger partial charge in [-0.2, -0.15) is 0 Å². The van der Waals surface area contributed by atoms with E-state index in [9.17, 15) is 24.2 Å². The summed E-state index contributed by atoms with van der Waals surface area (Å²) in [7, 11) is 1.67. The molecule has 192 valence electrons. The number of nitrogens with zero attached hydrogens (tertiary/aromatic N) is 2. The fourth-order valence-electron chi connectivity index (χ4n) is 6.05. The molecule has 0 bridgehead atoms. The van der Waals surface area contributed by atoms with Gasteiger partial charge in [-0.3, -0.25) is 14.9 Å². The van der Waals surface area contributed by atoms with E-state index in [1.54, 1.807) is 7.05 Å². The largest absolute Gasteiger partial charge is 0.396 e. The van der Waals surface area contributed by atoms with Crippen LogP contribution in [0.3, 0.4) is 0 Å². The zero-order valence-corrected chi connectivity index (χ0v) is 21.6. The van der Waals surface area contributed by atoms with Crippen molar-refractivity contribution in [2.75, 3.05) is 25.5 Å². The van der Waals surface area contributed by atoms with Gasteiger partial charge in [0.25, 0.3) is 5.91 Å². The van der Waals surface area contributed by atoms with Gasteiger partial charge in [0.1, 0.15) is 5.82 Å². The van der Waals surface area contributed by atoms with Crippen molar-refractivity contribution < 1.29 is 24.2 Å². The molecule has 0 saturated heterocycles. The van der Waals surface area contributed by atoms with E-state index < -0.39 is 28.7 Å². The molecule has 3 N–H and O–H groups in total. The van der Waals surface area contributed by atoms with Crippen molar-refractivity contribution in [3.8, 4) is 12.3 Å². The van der Waals surface area contributed by atoms with E-state index in [0.29, 0.717) is 24.4 Å². The number of carbonyl (C=O) groups is 2. The Labute approximate surface area is 214 Å². The summed E-state index contributed by atoms with van der Waals surface area (Å²) in [5.41, 5.74) is -0.213. The quantitative estimate of drug-likeness (QED) is 0.514. The fraction of sp³-hybridized carbons (Fsp3) is 0.519. The Balaban J connectivity index is 1.72. The predicted molar refractivity (Wildman–Crippen MR) is 136 cm³/mol. The first-order chi connectivity index (χ1) is 17.0. The monoisotopic (exact) mass is 513 g/mol. The van der Waals surface area contributed by atoms with Crippen molar-refractivity contribution >= 4 is 28.3 Å². The summed E-state index contributed by atoms with van der Waals surface area (Å²) < 4.78 is 13.6. The molecule has 4 rings (SSSR count). The first kappa shape index (κ1) is 26.3. The van der Waals surface area contributed by atoms with Gasteiger partial charge in [0.2, 0.25) is 5.91 Å². The number of hydrogen-bond acceptors (Lipinski definition) is 6. The van der Waals surface area contributed by atoms with Gasteiger partial charge in [-0.15, -0.1) is 17.8 Å². The molecule has 9 heteroatoms. The topological polar surface area (TPSA) is 103 Å². The molecule has 5 atom stereocenters. The Bertz CT molecular complexity index is 1210. The molecule has 1 heterocycles. The van der Waals surface area contributed by atoms with Gasteiger partial charge in [0.15, 0.2) is 5.13 Å². The second-order valence-electron chi connectivity index (χ2n) is 10.5. The van der Waals surface area contributed by atoms with Crippen LogP contribution in [-0.2, 0) is 11.2 Å². The van der Waals surface area contributed by atoms with E-state index in [-0.39, 0.29) is 42.9 Å².